The molecule has 0 radical (unpaired) electrons. The minimum absolute atomic E-state index is 0.306. The van der Waals surface area contributed by atoms with E-state index in [1.54, 1.807) is 12.1 Å². The van der Waals surface area contributed by atoms with E-state index in [9.17, 15) is 17.6 Å². The van der Waals surface area contributed by atoms with Gasteiger partial charge in [-0.25, -0.2) is 8.78 Å². The van der Waals surface area contributed by atoms with Crippen LogP contribution in [0.25, 0.3) is 0 Å². The summed E-state index contributed by atoms with van der Waals surface area (Å²) in [7, 11) is 0. The fourth-order valence-electron chi connectivity index (χ4n) is 4.16. The van der Waals surface area contributed by atoms with E-state index in [-0.39, 0.29) is 5.56 Å². The number of unbranched alkanes of at least 4 members (excludes halogenated alkanes) is 2. The van der Waals surface area contributed by atoms with Gasteiger partial charge in [0.1, 0.15) is 5.75 Å². The van der Waals surface area contributed by atoms with E-state index < -0.39 is 23.5 Å². The van der Waals surface area contributed by atoms with Gasteiger partial charge < -0.3 is 4.74 Å². The molecule has 2 aromatic carbocycles. The fraction of sp³-hybridized carbons (Fsp3) is 0.500. The second-order valence-electron chi connectivity index (χ2n) is 8.03. The monoisotopic (exact) mass is 408 g/mol. The van der Waals surface area contributed by atoms with Crippen molar-refractivity contribution in [2.45, 2.75) is 70.3 Å². The third-order valence-electron chi connectivity index (χ3n) is 5.92. The third-order valence-corrected chi connectivity index (χ3v) is 5.92. The van der Waals surface area contributed by atoms with Crippen LogP contribution in [0, 0.1) is 17.6 Å². The lowest BCUT2D eigenvalue weighted by Gasteiger charge is -2.29. The molecule has 1 nitrogen and oxygen atoms in total. The maximum atomic E-state index is 14.4. The highest BCUT2D eigenvalue weighted by Gasteiger charge is 2.35. The second-order valence-corrected chi connectivity index (χ2v) is 8.03. The Labute approximate surface area is 170 Å². The topological polar surface area (TPSA) is 9.23 Å². The smallest absolute Gasteiger partial charge is 0.426 e. The highest BCUT2D eigenvalue weighted by atomic mass is 19.3. The van der Waals surface area contributed by atoms with E-state index in [0.717, 1.165) is 36.5 Å². The van der Waals surface area contributed by atoms with E-state index in [0.29, 0.717) is 12.0 Å². The van der Waals surface area contributed by atoms with Gasteiger partial charge in [-0.2, -0.15) is 8.78 Å². The number of hydrogen-bond donors (Lipinski definition) is 0. The van der Waals surface area contributed by atoms with Crippen LogP contribution >= 0.6 is 0 Å². The Morgan fingerprint density at radius 3 is 2.21 bits per heavy atom. The van der Waals surface area contributed by atoms with Crippen molar-refractivity contribution in [1.82, 2.24) is 0 Å². The molecule has 5 heteroatoms. The number of halogens is 4. The fourth-order valence-corrected chi connectivity index (χ4v) is 4.16. The predicted molar refractivity (Wildman–Crippen MR) is 106 cm³/mol. The largest absolute Gasteiger partial charge is 0.429 e. The van der Waals surface area contributed by atoms with Gasteiger partial charge in [0.25, 0.3) is 0 Å². The molecule has 1 aliphatic rings. The molecule has 0 bridgehead atoms. The molecule has 0 aliphatic heterocycles. The molecule has 0 spiro atoms. The van der Waals surface area contributed by atoms with Crippen molar-refractivity contribution < 1.29 is 22.3 Å². The third kappa shape index (κ3) is 5.74. The van der Waals surface area contributed by atoms with Gasteiger partial charge >= 0.3 is 6.11 Å². The van der Waals surface area contributed by atoms with Crippen molar-refractivity contribution in [1.29, 1.82) is 0 Å². The van der Waals surface area contributed by atoms with Gasteiger partial charge in [-0.3, -0.25) is 0 Å². The van der Waals surface area contributed by atoms with Crippen LogP contribution in [0.5, 0.6) is 5.75 Å². The van der Waals surface area contributed by atoms with E-state index in [1.165, 1.54) is 50.7 Å². The van der Waals surface area contributed by atoms with Crippen molar-refractivity contribution in [3.63, 3.8) is 0 Å². The van der Waals surface area contributed by atoms with Crippen LogP contribution in [-0.2, 0) is 6.11 Å². The van der Waals surface area contributed by atoms with Crippen molar-refractivity contribution in [3.8, 4) is 5.75 Å². The van der Waals surface area contributed by atoms with E-state index in [4.69, 9.17) is 0 Å². The molecule has 0 heterocycles. The minimum Gasteiger partial charge on any atom is -0.429 e. The zero-order valence-corrected chi connectivity index (χ0v) is 16.8. The summed E-state index contributed by atoms with van der Waals surface area (Å²) >= 11 is 0. The first kappa shape index (κ1) is 21.7. The molecule has 3 rings (SSSR count). The average molecular weight is 408 g/mol. The predicted octanol–water partition coefficient (Wildman–Crippen LogP) is 7.95. The summed E-state index contributed by atoms with van der Waals surface area (Å²) in [4.78, 5) is 0. The Morgan fingerprint density at radius 2 is 1.59 bits per heavy atom. The normalized spacial score (nSPS) is 19.9. The maximum Gasteiger partial charge on any atom is 0.426 e. The zero-order valence-electron chi connectivity index (χ0n) is 16.8. The summed E-state index contributed by atoms with van der Waals surface area (Å²) in [5.74, 6) is -1.54. The van der Waals surface area contributed by atoms with E-state index in [2.05, 4.69) is 11.7 Å². The summed E-state index contributed by atoms with van der Waals surface area (Å²) in [6.07, 6.45) is 6.10. The lowest BCUT2D eigenvalue weighted by atomic mass is 9.77. The first-order valence-corrected chi connectivity index (χ1v) is 10.5. The van der Waals surface area contributed by atoms with Crippen LogP contribution in [0.15, 0.2) is 42.5 Å². The van der Waals surface area contributed by atoms with Gasteiger partial charge in [0.15, 0.2) is 11.6 Å². The SMILES string of the molecule is CCCCCC1CCC(c2ccc(C(F)(F)Oc3ccc(F)c(F)c3)cc2)CC1. The quantitative estimate of drug-likeness (QED) is 0.318. The van der Waals surface area contributed by atoms with Gasteiger partial charge in [0, 0.05) is 6.07 Å². The number of alkyl halides is 2. The van der Waals surface area contributed by atoms with Crippen molar-refractivity contribution >= 4 is 0 Å². The molecule has 0 saturated heterocycles. The number of benzene rings is 2. The molecule has 0 aromatic heterocycles. The molecule has 1 saturated carbocycles. The highest BCUT2D eigenvalue weighted by molar-refractivity contribution is 5.30. The van der Waals surface area contributed by atoms with Gasteiger partial charge in [-0.15, -0.1) is 0 Å². The summed E-state index contributed by atoms with van der Waals surface area (Å²) in [5, 5.41) is 0. The van der Waals surface area contributed by atoms with Crippen LogP contribution < -0.4 is 4.74 Å². The molecule has 0 atom stereocenters. The Hall–Kier alpha value is -2.04. The Bertz CT molecular complexity index is 780. The van der Waals surface area contributed by atoms with E-state index >= 15 is 0 Å². The molecule has 158 valence electrons. The summed E-state index contributed by atoms with van der Waals surface area (Å²) < 4.78 is 59.6. The number of hydrogen-bond acceptors (Lipinski definition) is 1. The number of ether oxygens (including phenoxy) is 1. The molecular formula is C24H28F4O. The standard InChI is InChI=1S/C24H28F4O/c1-2-3-4-5-17-6-8-18(9-7-17)19-10-12-20(13-11-19)24(27,28)29-21-14-15-22(25)23(26)16-21/h10-18H,2-9H2,1H3. The lowest BCUT2D eigenvalue weighted by Crippen LogP contribution is -2.22. The van der Waals surface area contributed by atoms with Crippen molar-refractivity contribution in [2.75, 3.05) is 0 Å². The Balaban J connectivity index is 1.58. The average Bonchev–Trinajstić information content (AvgIpc) is 2.71. The lowest BCUT2D eigenvalue weighted by molar-refractivity contribution is -0.185. The molecule has 1 fully saturated rings. The van der Waals surface area contributed by atoms with Gasteiger partial charge in [0.05, 0.1) is 5.56 Å². The molecule has 1 aliphatic carbocycles. The Kier molecular flexibility index (Phi) is 7.20. The molecule has 0 unspecified atom stereocenters. The van der Waals surface area contributed by atoms with Crippen LogP contribution in [0.3, 0.4) is 0 Å². The van der Waals surface area contributed by atoms with Crippen molar-refractivity contribution in [3.05, 3.63) is 65.2 Å². The van der Waals surface area contributed by atoms with Crippen LogP contribution in [0.2, 0.25) is 0 Å². The van der Waals surface area contributed by atoms with E-state index in [1.807, 2.05) is 0 Å². The second kappa shape index (κ2) is 9.64. The summed E-state index contributed by atoms with van der Waals surface area (Å²) in [5.41, 5.74) is 0.767. The highest BCUT2D eigenvalue weighted by Crippen LogP contribution is 2.39. The number of rotatable bonds is 8. The maximum absolute atomic E-state index is 14.4. The minimum atomic E-state index is -3.63. The van der Waals surface area contributed by atoms with Crippen LogP contribution in [0.1, 0.15) is 75.3 Å². The molecule has 2 aromatic rings. The molecule has 0 N–H and O–H groups in total. The summed E-state index contributed by atoms with van der Waals surface area (Å²) in [6.45, 7) is 2.22. The van der Waals surface area contributed by atoms with Gasteiger partial charge in [0.2, 0.25) is 0 Å². The van der Waals surface area contributed by atoms with Gasteiger partial charge in [-0.1, -0.05) is 44.7 Å². The summed E-state index contributed by atoms with van der Waals surface area (Å²) in [6, 6.07) is 8.57. The molecular weight excluding hydrogens is 380 g/mol. The Morgan fingerprint density at radius 1 is 0.897 bits per heavy atom. The zero-order chi connectivity index (χ0) is 20.9. The molecule has 0 amide bonds. The van der Waals surface area contributed by atoms with Gasteiger partial charge in [-0.05, 0) is 67.3 Å². The van der Waals surface area contributed by atoms with Crippen LogP contribution in [0.4, 0.5) is 17.6 Å². The first-order valence-electron chi connectivity index (χ1n) is 10.5. The first-order chi connectivity index (χ1) is 13.9. The van der Waals surface area contributed by atoms with Crippen LogP contribution in [-0.4, -0.2) is 0 Å². The molecule has 29 heavy (non-hydrogen) atoms. The van der Waals surface area contributed by atoms with Crippen molar-refractivity contribution in [2.24, 2.45) is 5.92 Å².